The van der Waals surface area contributed by atoms with Gasteiger partial charge < -0.3 is 19.7 Å². The summed E-state index contributed by atoms with van der Waals surface area (Å²) in [5.74, 6) is -0.847. The van der Waals surface area contributed by atoms with Crippen LogP contribution < -0.4 is 74.3 Å². The van der Waals surface area contributed by atoms with Gasteiger partial charge in [0.2, 0.25) is 11.2 Å². The Hall–Kier alpha value is -2.49. The molecule has 0 radical (unpaired) electrons. The number of hydrogen-bond donors (Lipinski definition) is 2. The fourth-order valence-electron chi connectivity index (χ4n) is 3.25. The van der Waals surface area contributed by atoms with Gasteiger partial charge in [-0.05, 0) is 61.0 Å². The Morgan fingerprint density at radius 3 is 2.37 bits per heavy atom. The van der Waals surface area contributed by atoms with Gasteiger partial charge in [0.05, 0.1) is 16.3 Å². The molecule has 0 unspecified atom stereocenters. The number of nitrogens with zero attached hydrogens (tertiary/aromatic N) is 7. The second-order valence-corrected chi connectivity index (χ2v) is 11.0. The summed E-state index contributed by atoms with van der Waals surface area (Å²) in [4.78, 5) is 10.6. The van der Waals surface area contributed by atoms with E-state index in [0.717, 1.165) is 22.9 Å². The average Bonchev–Trinajstić information content (AvgIpc) is 3.17. The van der Waals surface area contributed by atoms with E-state index in [2.05, 4.69) is 42.2 Å². The third-order valence-electron chi connectivity index (χ3n) is 5.03. The van der Waals surface area contributed by atoms with Gasteiger partial charge in [0.25, 0.3) is 10.1 Å². The minimum atomic E-state index is -4.77. The minimum Gasteiger partial charge on any atom is -0.857 e. The number of azo groups is 1. The fourth-order valence-corrected chi connectivity index (χ4v) is 4.48. The monoisotopic (exact) mass is 666 g/mol. The molecule has 0 fully saturated rings. The summed E-state index contributed by atoms with van der Waals surface area (Å²) in [6.45, 7) is 5.04. The largest absolute Gasteiger partial charge is 1.00 e. The number of nitrogens with one attached hydrogen (secondary N) is 1. The molecule has 0 saturated carbocycles. The Morgan fingerprint density at radius 1 is 1.09 bits per heavy atom. The van der Waals surface area contributed by atoms with Crippen LogP contribution in [-0.2, 0) is 20.2 Å². The minimum absolute atomic E-state index is 0. The molecule has 16 nitrogen and oxygen atoms in total. The van der Waals surface area contributed by atoms with Gasteiger partial charge in [-0.25, -0.2) is 13.1 Å². The molecule has 4 rings (SSSR count). The third-order valence-corrected chi connectivity index (χ3v) is 6.95. The summed E-state index contributed by atoms with van der Waals surface area (Å²) in [6, 6.07) is 7.81. The van der Waals surface area contributed by atoms with E-state index in [9.17, 15) is 31.0 Å². The van der Waals surface area contributed by atoms with Crippen molar-refractivity contribution in [1.29, 1.82) is 0 Å². The molecule has 0 spiro atoms. The van der Waals surface area contributed by atoms with Gasteiger partial charge in [-0.1, -0.05) is 12.7 Å². The van der Waals surface area contributed by atoms with Crippen molar-refractivity contribution >= 4 is 54.8 Å². The van der Waals surface area contributed by atoms with E-state index in [1.807, 2.05) is 0 Å². The Kier molecular flexibility index (Phi) is 12.8. The van der Waals surface area contributed by atoms with Gasteiger partial charge in [0.15, 0.2) is 0 Å². The summed E-state index contributed by atoms with van der Waals surface area (Å²) >= 11 is 5.90. The van der Waals surface area contributed by atoms with E-state index in [1.165, 1.54) is 37.3 Å². The SMILES string of the molecule is C=CCOc1nc(Cl)nc(Nc2ccc(S(=O)(=O)O)c(N=Nc3c(C)nn(-c4ccc(S(=O)(=O)[O-])cc4)c3[O-])c2)n1.[Na+].[Na+]. The van der Waals surface area contributed by atoms with Gasteiger partial charge in [0.1, 0.15) is 33.0 Å². The zero-order valence-corrected chi connectivity index (χ0v) is 29.1. The zero-order chi connectivity index (χ0) is 29.9. The Labute approximate surface area is 294 Å². The first-order valence-corrected chi connectivity index (χ1v) is 14.3. The van der Waals surface area contributed by atoms with Crippen LogP contribution >= 0.6 is 11.6 Å². The van der Waals surface area contributed by atoms with Crippen molar-refractivity contribution in [3.8, 4) is 17.6 Å². The van der Waals surface area contributed by atoms with Crippen molar-refractivity contribution in [1.82, 2.24) is 24.7 Å². The van der Waals surface area contributed by atoms with Crippen molar-refractivity contribution in [3.05, 3.63) is 66.1 Å². The molecular weight excluding hydrogens is 650 g/mol. The number of aryl methyl sites for hydroxylation is 1. The smallest absolute Gasteiger partial charge is 0.857 e. The first-order chi connectivity index (χ1) is 19.3. The van der Waals surface area contributed by atoms with E-state index in [0.29, 0.717) is 0 Å². The summed E-state index contributed by atoms with van der Waals surface area (Å²) in [6.07, 6.45) is 1.46. The van der Waals surface area contributed by atoms with E-state index >= 15 is 0 Å². The number of anilines is 2. The molecule has 2 heterocycles. The molecule has 0 aliphatic rings. The van der Waals surface area contributed by atoms with E-state index < -0.39 is 35.9 Å². The van der Waals surface area contributed by atoms with Gasteiger partial charge in [0, 0.05) is 11.6 Å². The van der Waals surface area contributed by atoms with Gasteiger partial charge in [-0.15, -0.1) is 10.2 Å². The maximum absolute atomic E-state index is 13.0. The van der Waals surface area contributed by atoms with Crippen LogP contribution in [0.25, 0.3) is 5.69 Å². The van der Waals surface area contributed by atoms with Crippen LogP contribution in [0, 0.1) is 6.92 Å². The average molecular weight is 667 g/mol. The first kappa shape index (κ1) is 36.7. The van der Waals surface area contributed by atoms with Crippen molar-refractivity contribution < 1.29 is 94.9 Å². The van der Waals surface area contributed by atoms with Crippen LogP contribution in [0.4, 0.5) is 23.0 Å². The van der Waals surface area contributed by atoms with Crippen LogP contribution in [0.3, 0.4) is 0 Å². The predicted octanol–water partition coefficient (Wildman–Crippen LogP) is -3.02. The molecule has 43 heavy (non-hydrogen) atoms. The number of aromatic nitrogens is 5. The van der Waals surface area contributed by atoms with Gasteiger partial charge >= 0.3 is 65.1 Å². The quantitative estimate of drug-likeness (QED) is 0.0742. The van der Waals surface area contributed by atoms with Crippen LogP contribution in [0.15, 0.2) is 75.1 Å². The standard InChI is InChI=1S/C22H19ClN8O8S2.2Na/c1-3-10-39-22-26-20(23)25-21(27-22)24-13-4-9-17(41(36,37)38)16(11-13)28-29-18-12(2)30-31(19(18)32)14-5-7-15(8-6-14)40(33,34)35;;/h3-9,11,32H,1,10H2,2H3,(H,33,34,35)(H,36,37,38)(H,24,25,26,27);;/q;2*+1/p-2. The molecule has 4 aromatic rings. The first-order valence-electron chi connectivity index (χ1n) is 11.0. The molecule has 2 aromatic carbocycles. The number of rotatable bonds is 10. The maximum Gasteiger partial charge on any atom is 1.00 e. The molecule has 0 bridgehead atoms. The molecule has 2 aromatic heterocycles. The van der Waals surface area contributed by atoms with Crippen molar-refractivity contribution in [2.24, 2.45) is 10.2 Å². The molecule has 0 aliphatic carbocycles. The van der Waals surface area contributed by atoms with E-state index in [1.54, 1.807) is 0 Å². The second kappa shape index (κ2) is 15.0. The fraction of sp³-hybridized carbons (Fsp3) is 0.0909. The van der Waals surface area contributed by atoms with Crippen molar-refractivity contribution in [2.45, 2.75) is 16.7 Å². The zero-order valence-electron chi connectivity index (χ0n) is 22.7. The topological polar surface area (TPSA) is 237 Å². The summed E-state index contributed by atoms with van der Waals surface area (Å²) in [5, 5.41) is 27.3. The molecule has 0 atom stereocenters. The summed E-state index contributed by atoms with van der Waals surface area (Å²) in [5.41, 5.74) is -0.236. The third kappa shape index (κ3) is 9.25. The number of halogens is 1. The molecule has 214 valence electrons. The molecule has 2 N–H and O–H groups in total. The van der Waals surface area contributed by atoms with E-state index in [-0.39, 0.29) is 111 Å². The Bertz CT molecular complexity index is 1890. The van der Waals surface area contributed by atoms with Crippen LogP contribution in [0.1, 0.15) is 5.69 Å². The van der Waals surface area contributed by atoms with E-state index in [4.69, 9.17) is 16.3 Å². The molecule has 0 amide bonds. The molecule has 0 saturated heterocycles. The van der Waals surface area contributed by atoms with Crippen molar-refractivity contribution in [3.63, 3.8) is 0 Å². The van der Waals surface area contributed by atoms with Crippen LogP contribution in [-0.4, -0.2) is 57.3 Å². The van der Waals surface area contributed by atoms with Gasteiger partial charge in [-0.2, -0.15) is 28.5 Å². The molecule has 0 aliphatic heterocycles. The molecule has 21 heteroatoms. The maximum atomic E-state index is 13.0. The second-order valence-electron chi connectivity index (χ2n) is 7.89. The number of hydrogen-bond acceptors (Lipinski definition) is 14. The molecular formula is C22H17ClN8Na2O8S2. The summed E-state index contributed by atoms with van der Waals surface area (Å²) in [7, 11) is -9.47. The Balaban J connectivity index is 0.00000323. The number of benzene rings is 2. The predicted molar refractivity (Wildman–Crippen MR) is 140 cm³/mol. The summed E-state index contributed by atoms with van der Waals surface area (Å²) < 4.78 is 73.2. The van der Waals surface area contributed by atoms with Gasteiger partial charge in [-0.3, -0.25) is 4.55 Å². The van der Waals surface area contributed by atoms with Crippen molar-refractivity contribution in [2.75, 3.05) is 11.9 Å². The van der Waals surface area contributed by atoms with Crippen LogP contribution in [0.5, 0.6) is 11.9 Å². The Morgan fingerprint density at radius 2 is 1.77 bits per heavy atom. The van der Waals surface area contributed by atoms with Crippen LogP contribution in [0.2, 0.25) is 5.28 Å². The number of ether oxygens (including phenoxy) is 1. The normalized spacial score (nSPS) is 11.4.